The first-order chi connectivity index (χ1) is 15.4. The summed E-state index contributed by atoms with van der Waals surface area (Å²) < 4.78 is 11.7. The molecule has 2 amide bonds. The number of nitrogens with zero attached hydrogens (tertiary/aromatic N) is 2. The summed E-state index contributed by atoms with van der Waals surface area (Å²) in [5.74, 6) is 0.653. The fourth-order valence-corrected chi connectivity index (χ4v) is 4.10. The van der Waals surface area contributed by atoms with Gasteiger partial charge in [0.15, 0.2) is 0 Å². The number of carbonyl (C=O) groups is 2. The molecule has 3 aromatic rings. The SMILES string of the molecule is COc1ccc(OC)c(N2CC(=O)N(c3ccc(Br)cc3)[C@@H](c3ccc(C)cc3)C2=O)c1. The van der Waals surface area contributed by atoms with Crippen LogP contribution in [0.3, 0.4) is 0 Å². The van der Waals surface area contributed by atoms with Crippen LogP contribution in [0.15, 0.2) is 71.2 Å². The molecule has 1 heterocycles. The van der Waals surface area contributed by atoms with Crippen molar-refractivity contribution in [1.29, 1.82) is 0 Å². The van der Waals surface area contributed by atoms with E-state index in [1.807, 2.05) is 55.5 Å². The van der Waals surface area contributed by atoms with Crippen molar-refractivity contribution < 1.29 is 19.1 Å². The third-order valence-electron chi connectivity index (χ3n) is 5.49. The second-order valence-corrected chi connectivity index (χ2v) is 8.43. The van der Waals surface area contributed by atoms with Crippen LogP contribution in [0.5, 0.6) is 11.5 Å². The van der Waals surface area contributed by atoms with Crippen LogP contribution in [-0.4, -0.2) is 32.6 Å². The van der Waals surface area contributed by atoms with Crippen molar-refractivity contribution in [3.63, 3.8) is 0 Å². The van der Waals surface area contributed by atoms with Crippen molar-refractivity contribution >= 4 is 39.1 Å². The van der Waals surface area contributed by atoms with Crippen LogP contribution < -0.4 is 19.3 Å². The molecule has 164 valence electrons. The zero-order valence-corrected chi connectivity index (χ0v) is 19.6. The molecule has 4 rings (SSSR count). The Labute approximate surface area is 195 Å². The second-order valence-electron chi connectivity index (χ2n) is 7.52. The van der Waals surface area contributed by atoms with Crippen LogP contribution in [0.1, 0.15) is 17.2 Å². The van der Waals surface area contributed by atoms with Crippen LogP contribution in [0, 0.1) is 6.92 Å². The summed E-state index contributed by atoms with van der Waals surface area (Å²) in [5.41, 5.74) is 2.97. The van der Waals surface area contributed by atoms with Gasteiger partial charge < -0.3 is 9.47 Å². The lowest BCUT2D eigenvalue weighted by atomic mass is 9.98. The highest BCUT2D eigenvalue weighted by Crippen LogP contribution is 2.39. The number of rotatable bonds is 5. The van der Waals surface area contributed by atoms with E-state index < -0.39 is 6.04 Å². The summed E-state index contributed by atoms with van der Waals surface area (Å²) in [5, 5.41) is 0. The largest absolute Gasteiger partial charge is 0.497 e. The molecule has 1 fully saturated rings. The topological polar surface area (TPSA) is 59.1 Å². The minimum atomic E-state index is -0.811. The van der Waals surface area contributed by atoms with Gasteiger partial charge in [-0.1, -0.05) is 45.8 Å². The molecule has 1 aliphatic rings. The van der Waals surface area contributed by atoms with Crippen LogP contribution in [-0.2, 0) is 9.59 Å². The Morgan fingerprint density at radius 2 is 1.59 bits per heavy atom. The van der Waals surface area contributed by atoms with E-state index in [1.165, 1.54) is 12.0 Å². The van der Waals surface area contributed by atoms with E-state index in [1.54, 1.807) is 30.2 Å². The highest BCUT2D eigenvalue weighted by Gasteiger charge is 2.42. The van der Waals surface area contributed by atoms with E-state index in [9.17, 15) is 9.59 Å². The first-order valence-electron chi connectivity index (χ1n) is 10.1. The lowest BCUT2D eigenvalue weighted by Gasteiger charge is -2.40. The number of benzene rings is 3. The maximum absolute atomic E-state index is 13.9. The summed E-state index contributed by atoms with van der Waals surface area (Å²) in [4.78, 5) is 30.4. The normalized spacial score (nSPS) is 16.3. The van der Waals surface area contributed by atoms with Gasteiger partial charge >= 0.3 is 0 Å². The fraction of sp³-hybridized carbons (Fsp3) is 0.200. The van der Waals surface area contributed by atoms with E-state index in [-0.39, 0.29) is 18.4 Å². The van der Waals surface area contributed by atoms with E-state index in [2.05, 4.69) is 15.9 Å². The lowest BCUT2D eigenvalue weighted by Crippen LogP contribution is -2.56. The summed E-state index contributed by atoms with van der Waals surface area (Å²) in [6.45, 7) is 1.87. The number of amides is 2. The van der Waals surface area contributed by atoms with E-state index in [0.717, 1.165) is 15.6 Å². The number of ether oxygens (including phenoxy) is 2. The van der Waals surface area contributed by atoms with E-state index >= 15 is 0 Å². The molecule has 1 aliphatic heterocycles. The summed E-state index contributed by atoms with van der Waals surface area (Å²) in [6.07, 6.45) is 0. The van der Waals surface area contributed by atoms with Crippen molar-refractivity contribution in [3.8, 4) is 11.5 Å². The summed E-state index contributed by atoms with van der Waals surface area (Å²) >= 11 is 3.43. The smallest absolute Gasteiger partial charge is 0.255 e. The molecule has 7 heteroatoms. The lowest BCUT2D eigenvalue weighted by molar-refractivity contribution is -0.128. The molecule has 0 aliphatic carbocycles. The highest BCUT2D eigenvalue weighted by molar-refractivity contribution is 9.10. The molecule has 0 aromatic heterocycles. The molecule has 0 radical (unpaired) electrons. The highest BCUT2D eigenvalue weighted by atomic mass is 79.9. The van der Waals surface area contributed by atoms with Crippen molar-refractivity contribution in [1.82, 2.24) is 0 Å². The van der Waals surface area contributed by atoms with Crippen molar-refractivity contribution in [2.75, 3.05) is 30.6 Å². The molecule has 0 spiro atoms. The maximum Gasteiger partial charge on any atom is 0.255 e. The third-order valence-corrected chi connectivity index (χ3v) is 6.02. The van der Waals surface area contributed by atoms with Crippen molar-refractivity contribution in [2.45, 2.75) is 13.0 Å². The van der Waals surface area contributed by atoms with Gasteiger partial charge in [0.25, 0.3) is 5.91 Å². The molecule has 1 atom stereocenters. The van der Waals surface area contributed by atoms with Crippen LogP contribution in [0.2, 0.25) is 0 Å². The Balaban J connectivity index is 1.84. The standard InChI is InChI=1S/C25H23BrN2O4/c1-16-4-6-17(7-5-16)24-25(30)27(21-14-20(31-2)12-13-22(21)32-3)15-23(29)28(24)19-10-8-18(26)9-11-19/h4-14,24H,15H2,1-3H3/t24-/m0/s1. The van der Waals surface area contributed by atoms with Gasteiger partial charge in [-0.05, 0) is 48.9 Å². The Bertz CT molecular complexity index is 1150. The molecule has 0 bridgehead atoms. The van der Waals surface area contributed by atoms with Crippen molar-refractivity contribution in [2.24, 2.45) is 0 Å². The molecule has 0 unspecified atom stereocenters. The number of anilines is 2. The number of hydrogen-bond donors (Lipinski definition) is 0. The number of piperazine rings is 1. The quantitative estimate of drug-likeness (QED) is 0.506. The van der Waals surface area contributed by atoms with Gasteiger partial charge in [0.1, 0.15) is 24.1 Å². The second kappa shape index (κ2) is 9.04. The van der Waals surface area contributed by atoms with E-state index in [0.29, 0.717) is 22.9 Å². The minimum Gasteiger partial charge on any atom is -0.497 e. The van der Waals surface area contributed by atoms with Gasteiger partial charge in [0.05, 0.1) is 19.9 Å². The molecule has 0 N–H and O–H groups in total. The summed E-state index contributed by atoms with van der Waals surface area (Å²) in [6, 6.07) is 19.4. The van der Waals surface area contributed by atoms with Gasteiger partial charge in [0.2, 0.25) is 5.91 Å². The van der Waals surface area contributed by atoms with Gasteiger partial charge in [-0.3, -0.25) is 19.4 Å². The molecule has 0 saturated carbocycles. The first kappa shape index (κ1) is 21.9. The Hall–Kier alpha value is -3.32. The Kier molecular flexibility index (Phi) is 6.19. The monoisotopic (exact) mass is 494 g/mol. The average molecular weight is 495 g/mol. The molecule has 32 heavy (non-hydrogen) atoms. The average Bonchev–Trinajstić information content (AvgIpc) is 2.81. The zero-order valence-electron chi connectivity index (χ0n) is 18.0. The molecule has 6 nitrogen and oxygen atoms in total. The predicted molar refractivity (Wildman–Crippen MR) is 127 cm³/mol. The number of hydrogen-bond acceptors (Lipinski definition) is 4. The summed E-state index contributed by atoms with van der Waals surface area (Å²) in [7, 11) is 3.09. The van der Waals surface area contributed by atoms with Crippen molar-refractivity contribution in [3.05, 3.63) is 82.3 Å². The molecular weight excluding hydrogens is 472 g/mol. The minimum absolute atomic E-state index is 0.110. The molecule has 3 aromatic carbocycles. The Morgan fingerprint density at radius 3 is 2.22 bits per heavy atom. The molecular formula is C25H23BrN2O4. The number of carbonyl (C=O) groups excluding carboxylic acids is 2. The van der Waals surface area contributed by atoms with Gasteiger partial charge in [-0.15, -0.1) is 0 Å². The first-order valence-corrected chi connectivity index (χ1v) is 10.9. The van der Waals surface area contributed by atoms with Crippen LogP contribution in [0.4, 0.5) is 11.4 Å². The number of methoxy groups -OCH3 is 2. The molecule has 1 saturated heterocycles. The predicted octanol–water partition coefficient (Wildman–Crippen LogP) is 4.90. The zero-order chi connectivity index (χ0) is 22.8. The Morgan fingerprint density at radius 1 is 0.906 bits per heavy atom. The van der Waals surface area contributed by atoms with Crippen LogP contribution >= 0.6 is 15.9 Å². The van der Waals surface area contributed by atoms with Gasteiger partial charge in [0, 0.05) is 16.2 Å². The number of aryl methyl sites for hydroxylation is 1. The third kappa shape index (κ3) is 4.08. The van der Waals surface area contributed by atoms with Crippen LogP contribution in [0.25, 0.3) is 0 Å². The maximum atomic E-state index is 13.9. The van der Waals surface area contributed by atoms with E-state index in [4.69, 9.17) is 9.47 Å². The van der Waals surface area contributed by atoms with Gasteiger partial charge in [-0.25, -0.2) is 0 Å². The van der Waals surface area contributed by atoms with Gasteiger partial charge in [-0.2, -0.15) is 0 Å². The fourth-order valence-electron chi connectivity index (χ4n) is 3.84. The number of halogens is 1.